The van der Waals surface area contributed by atoms with Crippen LogP contribution in [0, 0.1) is 0 Å². The number of rotatable bonds is 3. The first-order valence-electron chi connectivity index (χ1n) is 7.84. The molecule has 0 spiro atoms. The molecule has 4 aromatic carbocycles. The Hall–Kier alpha value is -0.958. The van der Waals surface area contributed by atoms with Crippen molar-refractivity contribution >= 4 is 35.4 Å². The Morgan fingerprint density at radius 2 is 1.15 bits per heavy atom. The van der Waals surface area contributed by atoms with E-state index in [-0.39, 0.29) is 37.5 Å². The predicted molar refractivity (Wildman–Crippen MR) is 108 cm³/mol. The van der Waals surface area contributed by atoms with Crippen LogP contribution in [-0.2, 0) is 37.5 Å². The van der Waals surface area contributed by atoms with Crippen LogP contribution in [0.4, 0.5) is 0 Å². The van der Waals surface area contributed by atoms with Crippen molar-refractivity contribution in [3.05, 3.63) is 114 Å². The van der Waals surface area contributed by atoms with E-state index in [2.05, 4.69) is 66.7 Å². The molecule has 0 aromatic heterocycles. The van der Waals surface area contributed by atoms with Gasteiger partial charge in [0.05, 0.1) is 0 Å². The molecule has 4 heteroatoms. The van der Waals surface area contributed by atoms with E-state index in [1.54, 1.807) is 0 Å². The summed E-state index contributed by atoms with van der Waals surface area (Å²) >= 11 is 6.35. The fraction of sp³-hybridized carbons (Fsp3) is 0. The largest absolute Gasteiger partial charge is 2.00 e. The topological polar surface area (TPSA) is 0 Å². The average molecular weight is 511 g/mol. The van der Waals surface area contributed by atoms with Crippen molar-refractivity contribution in [1.82, 2.24) is 0 Å². The fourth-order valence-corrected chi connectivity index (χ4v) is 5.18. The molecular weight excluding hydrogens is 493 g/mol. The molecular formula is C22H18ClFePPd+2. The maximum absolute atomic E-state index is 6.35. The summed E-state index contributed by atoms with van der Waals surface area (Å²) in [6, 6.07) is 37.3. The van der Waals surface area contributed by atoms with Crippen LogP contribution in [0.1, 0.15) is 0 Å². The van der Waals surface area contributed by atoms with E-state index in [4.69, 9.17) is 11.6 Å². The van der Waals surface area contributed by atoms with E-state index < -0.39 is 7.92 Å². The van der Waals surface area contributed by atoms with Gasteiger partial charge >= 0.3 is 37.5 Å². The first kappa shape index (κ1) is 23.1. The van der Waals surface area contributed by atoms with Crippen molar-refractivity contribution in [2.24, 2.45) is 0 Å². The molecule has 0 amide bonds. The maximum atomic E-state index is 6.35. The van der Waals surface area contributed by atoms with Gasteiger partial charge in [-0.15, -0.1) is 10.3 Å². The fourth-order valence-electron chi connectivity index (χ4n) is 2.47. The Labute approximate surface area is 186 Å². The third-order valence-corrected chi connectivity index (χ3v) is 6.53. The summed E-state index contributed by atoms with van der Waals surface area (Å²) in [4.78, 5) is 0. The van der Waals surface area contributed by atoms with Gasteiger partial charge in [-0.2, -0.15) is 48.0 Å². The first-order valence-corrected chi connectivity index (χ1v) is 9.56. The summed E-state index contributed by atoms with van der Waals surface area (Å²) in [5.41, 5.74) is 0. The SMILES string of the molecule is Clc1cc[cH-]c1P(c1ccccc1)c1ccccc1.[Fe+2].[Pd+2].c1cc[cH-]c1. The first-order chi connectivity index (χ1) is 11.9. The van der Waals surface area contributed by atoms with Crippen LogP contribution >= 0.6 is 19.5 Å². The van der Waals surface area contributed by atoms with Crippen LogP contribution in [0.3, 0.4) is 0 Å². The van der Waals surface area contributed by atoms with E-state index in [1.165, 1.54) is 15.9 Å². The number of hydrogen-bond acceptors (Lipinski definition) is 0. The van der Waals surface area contributed by atoms with Crippen molar-refractivity contribution in [1.29, 1.82) is 0 Å². The molecule has 0 N–H and O–H groups in total. The Kier molecular flexibility index (Phi) is 11.0. The van der Waals surface area contributed by atoms with Gasteiger partial charge in [0, 0.05) is 0 Å². The van der Waals surface area contributed by atoms with Crippen molar-refractivity contribution in [3.8, 4) is 0 Å². The van der Waals surface area contributed by atoms with Gasteiger partial charge in [-0.3, -0.25) is 0 Å². The molecule has 4 rings (SSSR count). The van der Waals surface area contributed by atoms with Gasteiger partial charge in [0.1, 0.15) is 0 Å². The van der Waals surface area contributed by atoms with Gasteiger partial charge in [0.2, 0.25) is 0 Å². The van der Waals surface area contributed by atoms with Gasteiger partial charge in [-0.05, 0) is 18.5 Å². The molecule has 0 bridgehead atoms. The predicted octanol–water partition coefficient (Wildman–Crippen LogP) is 5.22. The smallest absolute Gasteiger partial charge is 0.214 e. The van der Waals surface area contributed by atoms with Gasteiger partial charge in [-0.25, -0.2) is 12.1 Å². The monoisotopic (exact) mass is 510 g/mol. The van der Waals surface area contributed by atoms with Crippen LogP contribution < -0.4 is 15.9 Å². The van der Waals surface area contributed by atoms with Gasteiger partial charge in [0.15, 0.2) is 0 Å². The number of benzene rings is 2. The second-order valence-electron chi connectivity index (χ2n) is 5.23. The zero-order chi connectivity index (χ0) is 16.6. The Morgan fingerprint density at radius 3 is 1.50 bits per heavy atom. The van der Waals surface area contributed by atoms with Crippen LogP contribution in [0.5, 0.6) is 0 Å². The summed E-state index contributed by atoms with van der Waals surface area (Å²) in [5, 5.41) is 4.75. The van der Waals surface area contributed by atoms with Gasteiger partial charge in [-0.1, -0.05) is 60.7 Å². The Balaban J connectivity index is 0.000000421. The molecule has 4 aromatic rings. The average Bonchev–Trinajstić information content (AvgIpc) is 3.33. The van der Waals surface area contributed by atoms with Crippen molar-refractivity contribution < 1.29 is 37.5 Å². The van der Waals surface area contributed by atoms with Crippen LogP contribution in [-0.4, -0.2) is 0 Å². The second-order valence-corrected chi connectivity index (χ2v) is 7.82. The summed E-state index contributed by atoms with van der Waals surface area (Å²) in [6.45, 7) is 0. The van der Waals surface area contributed by atoms with Gasteiger partial charge < -0.3 is 0 Å². The third kappa shape index (κ3) is 6.33. The molecule has 0 heterocycles. The van der Waals surface area contributed by atoms with Crippen molar-refractivity contribution in [2.45, 2.75) is 0 Å². The maximum Gasteiger partial charge on any atom is 2.00 e. The minimum absolute atomic E-state index is 0. The molecule has 0 nitrogen and oxygen atoms in total. The van der Waals surface area contributed by atoms with Gasteiger partial charge in [0.25, 0.3) is 0 Å². The zero-order valence-electron chi connectivity index (χ0n) is 13.9. The minimum Gasteiger partial charge on any atom is -0.214 e. The van der Waals surface area contributed by atoms with Crippen molar-refractivity contribution in [3.63, 3.8) is 0 Å². The summed E-state index contributed by atoms with van der Waals surface area (Å²) in [7, 11) is -0.562. The molecule has 0 aliphatic carbocycles. The second kappa shape index (κ2) is 12.4. The molecule has 0 saturated carbocycles. The molecule has 134 valence electrons. The van der Waals surface area contributed by atoms with E-state index in [1.807, 2.05) is 42.5 Å². The molecule has 0 aliphatic heterocycles. The third-order valence-electron chi connectivity index (χ3n) is 3.57. The molecule has 0 saturated heterocycles. The Morgan fingerprint density at radius 1 is 0.654 bits per heavy atom. The normalized spacial score (nSPS) is 9.46. The molecule has 0 unspecified atom stereocenters. The zero-order valence-corrected chi connectivity index (χ0v) is 18.2. The van der Waals surface area contributed by atoms with Crippen molar-refractivity contribution in [2.75, 3.05) is 0 Å². The summed E-state index contributed by atoms with van der Waals surface area (Å²) in [6.07, 6.45) is 0. The standard InChI is InChI=1S/C17H13ClP.C5H5.Fe.Pd/c18-16-12-7-13-17(16)19(14-8-3-1-4-9-14)15-10-5-2-6-11-15;1-2-4-5-3-1;;/h1-13H;1-5H;;/q2*-1;2*+2. The van der Waals surface area contributed by atoms with Crippen LogP contribution in [0.2, 0.25) is 5.02 Å². The summed E-state index contributed by atoms with van der Waals surface area (Å²) in [5.74, 6) is 0. The quantitative estimate of drug-likeness (QED) is 0.201. The van der Waals surface area contributed by atoms with E-state index in [0.29, 0.717) is 0 Å². The molecule has 0 aliphatic rings. The van der Waals surface area contributed by atoms with Crippen LogP contribution in [0.25, 0.3) is 0 Å². The molecule has 0 radical (unpaired) electrons. The minimum atomic E-state index is -0.562. The Bertz CT molecular complexity index is 772. The molecule has 0 fully saturated rings. The van der Waals surface area contributed by atoms with E-state index >= 15 is 0 Å². The molecule has 0 atom stereocenters. The molecule has 26 heavy (non-hydrogen) atoms. The van der Waals surface area contributed by atoms with Crippen LogP contribution in [0.15, 0.2) is 109 Å². The number of hydrogen-bond donors (Lipinski definition) is 0. The van der Waals surface area contributed by atoms with E-state index in [0.717, 1.165) is 5.02 Å². The van der Waals surface area contributed by atoms with E-state index in [9.17, 15) is 0 Å². The summed E-state index contributed by atoms with van der Waals surface area (Å²) < 4.78 is 0. The number of halogens is 1.